The summed E-state index contributed by atoms with van der Waals surface area (Å²) in [5, 5.41) is 17.3. The summed E-state index contributed by atoms with van der Waals surface area (Å²) in [6.07, 6.45) is 6.40. The molecule has 2 rings (SSSR count). The molecule has 0 atom stereocenters. The Hall–Kier alpha value is -0.900. The normalized spacial score (nSPS) is 17.5. The van der Waals surface area contributed by atoms with Crippen LogP contribution in [0.1, 0.15) is 44.3 Å². The molecule has 1 fully saturated rings. The lowest BCUT2D eigenvalue weighted by molar-refractivity contribution is 0.264. The highest BCUT2D eigenvalue weighted by Crippen LogP contribution is 2.27. The largest absolute Gasteiger partial charge is 0.388 e. The van der Waals surface area contributed by atoms with Gasteiger partial charge < -0.3 is 9.67 Å². The zero-order valence-electron chi connectivity index (χ0n) is 9.32. The quantitative estimate of drug-likeness (QED) is 0.818. The summed E-state index contributed by atoms with van der Waals surface area (Å²) in [4.78, 5) is 0. The number of hydrogen-bond donors (Lipinski definition) is 1. The second-order valence-electron chi connectivity index (χ2n) is 4.29. The first-order valence-electron chi connectivity index (χ1n) is 5.87. The third kappa shape index (κ3) is 2.20. The van der Waals surface area contributed by atoms with Crippen molar-refractivity contribution >= 4 is 0 Å². The Morgan fingerprint density at radius 3 is 2.53 bits per heavy atom. The maximum absolute atomic E-state index is 9.10. The standard InChI is InChI=1S/C11H19N3O/c1-2-14-10(12-13-11(14)8-15)7-9-5-3-4-6-9/h9,15H,2-8H2,1H3. The zero-order valence-corrected chi connectivity index (χ0v) is 9.32. The van der Waals surface area contributed by atoms with Crippen molar-refractivity contribution in [3.05, 3.63) is 11.6 Å². The number of aliphatic hydroxyl groups excluding tert-OH is 1. The molecule has 0 amide bonds. The predicted molar refractivity (Wildman–Crippen MR) is 57.3 cm³/mol. The maximum atomic E-state index is 9.10. The molecule has 84 valence electrons. The van der Waals surface area contributed by atoms with Crippen LogP contribution < -0.4 is 0 Å². The fourth-order valence-electron chi connectivity index (χ4n) is 2.48. The van der Waals surface area contributed by atoms with Crippen LogP contribution in [-0.2, 0) is 19.6 Å². The molecule has 1 aliphatic carbocycles. The van der Waals surface area contributed by atoms with Crippen molar-refractivity contribution < 1.29 is 5.11 Å². The van der Waals surface area contributed by atoms with Gasteiger partial charge in [0.1, 0.15) is 12.4 Å². The fourth-order valence-corrected chi connectivity index (χ4v) is 2.48. The van der Waals surface area contributed by atoms with Crippen molar-refractivity contribution in [2.24, 2.45) is 5.92 Å². The molecule has 0 aliphatic heterocycles. The van der Waals surface area contributed by atoms with E-state index in [9.17, 15) is 0 Å². The zero-order chi connectivity index (χ0) is 10.7. The molecule has 15 heavy (non-hydrogen) atoms. The second kappa shape index (κ2) is 4.75. The third-order valence-electron chi connectivity index (χ3n) is 3.31. The lowest BCUT2D eigenvalue weighted by atomic mass is 10.0. The molecule has 0 radical (unpaired) electrons. The van der Waals surface area contributed by atoms with E-state index in [0.717, 1.165) is 24.7 Å². The number of nitrogens with zero attached hydrogens (tertiary/aromatic N) is 3. The van der Waals surface area contributed by atoms with Crippen molar-refractivity contribution in [1.82, 2.24) is 14.8 Å². The summed E-state index contributed by atoms with van der Waals surface area (Å²) in [5.74, 6) is 2.53. The van der Waals surface area contributed by atoms with Gasteiger partial charge in [0, 0.05) is 13.0 Å². The van der Waals surface area contributed by atoms with E-state index < -0.39 is 0 Å². The van der Waals surface area contributed by atoms with Gasteiger partial charge in [-0.3, -0.25) is 0 Å². The van der Waals surface area contributed by atoms with Crippen LogP contribution in [0.4, 0.5) is 0 Å². The average Bonchev–Trinajstić information content (AvgIpc) is 2.87. The Morgan fingerprint density at radius 2 is 1.93 bits per heavy atom. The number of hydrogen-bond acceptors (Lipinski definition) is 3. The van der Waals surface area contributed by atoms with Crippen molar-refractivity contribution in [3.63, 3.8) is 0 Å². The molecular formula is C11H19N3O. The number of aliphatic hydroxyl groups is 1. The van der Waals surface area contributed by atoms with Crippen LogP contribution in [0, 0.1) is 5.92 Å². The van der Waals surface area contributed by atoms with Crippen molar-refractivity contribution in [3.8, 4) is 0 Å². The van der Waals surface area contributed by atoms with Crippen molar-refractivity contribution in [2.45, 2.75) is 52.2 Å². The highest BCUT2D eigenvalue weighted by atomic mass is 16.3. The van der Waals surface area contributed by atoms with E-state index >= 15 is 0 Å². The highest BCUT2D eigenvalue weighted by molar-refractivity contribution is 4.96. The summed E-state index contributed by atoms with van der Waals surface area (Å²) in [6.45, 7) is 2.91. The lowest BCUT2D eigenvalue weighted by Crippen LogP contribution is -2.09. The van der Waals surface area contributed by atoms with Crippen LogP contribution in [0.3, 0.4) is 0 Å². The summed E-state index contributed by atoms with van der Waals surface area (Å²) < 4.78 is 2.04. The molecule has 1 aliphatic rings. The van der Waals surface area contributed by atoms with Gasteiger partial charge in [0.2, 0.25) is 0 Å². The Kier molecular flexibility index (Phi) is 3.36. The van der Waals surface area contributed by atoms with E-state index in [-0.39, 0.29) is 6.61 Å². The van der Waals surface area contributed by atoms with Crippen molar-refractivity contribution in [2.75, 3.05) is 0 Å². The molecule has 1 aromatic rings. The number of rotatable bonds is 4. The van der Waals surface area contributed by atoms with Gasteiger partial charge in [-0.2, -0.15) is 0 Å². The minimum absolute atomic E-state index is 0.00843. The molecule has 0 saturated heterocycles. The Labute approximate surface area is 90.3 Å². The predicted octanol–water partition coefficient (Wildman–Crippen LogP) is 1.52. The van der Waals surface area contributed by atoms with Gasteiger partial charge in [0.15, 0.2) is 5.82 Å². The fraction of sp³-hybridized carbons (Fsp3) is 0.818. The highest BCUT2D eigenvalue weighted by Gasteiger charge is 2.19. The average molecular weight is 209 g/mol. The third-order valence-corrected chi connectivity index (χ3v) is 3.31. The molecule has 4 heteroatoms. The van der Waals surface area contributed by atoms with Gasteiger partial charge in [-0.25, -0.2) is 0 Å². The first-order chi connectivity index (χ1) is 7.35. The van der Waals surface area contributed by atoms with Crippen LogP contribution in [0.15, 0.2) is 0 Å². The Morgan fingerprint density at radius 1 is 1.27 bits per heavy atom. The molecule has 4 nitrogen and oxygen atoms in total. The van der Waals surface area contributed by atoms with E-state index in [2.05, 4.69) is 17.1 Å². The summed E-state index contributed by atoms with van der Waals surface area (Å²) >= 11 is 0. The van der Waals surface area contributed by atoms with Crippen LogP contribution in [0.2, 0.25) is 0 Å². The molecule has 1 aromatic heterocycles. The van der Waals surface area contributed by atoms with E-state index in [1.54, 1.807) is 0 Å². The van der Waals surface area contributed by atoms with Gasteiger partial charge in [-0.05, 0) is 12.8 Å². The molecule has 0 bridgehead atoms. The SMILES string of the molecule is CCn1c(CO)nnc1CC1CCCC1. The Balaban J connectivity index is 2.09. The summed E-state index contributed by atoms with van der Waals surface area (Å²) in [5.41, 5.74) is 0. The monoisotopic (exact) mass is 209 g/mol. The van der Waals surface area contributed by atoms with Gasteiger partial charge >= 0.3 is 0 Å². The number of aromatic nitrogens is 3. The van der Waals surface area contributed by atoms with E-state index in [1.807, 2.05) is 4.57 Å². The first kappa shape index (κ1) is 10.6. The topological polar surface area (TPSA) is 50.9 Å². The minimum Gasteiger partial charge on any atom is -0.388 e. The van der Waals surface area contributed by atoms with Gasteiger partial charge in [0.25, 0.3) is 0 Å². The lowest BCUT2D eigenvalue weighted by Gasteiger charge is -2.10. The van der Waals surface area contributed by atoms with E-state index in [0.29, 0.717) is 5.82 Å². The smallest absolute Gasteiger partial charge is 0.158 e. The second-order valence-corrected chi connectivity index (χ2v) is 4.29. The van der Waals surface area contributed by atoms with Crippen LogP contribution >= 0.6 is 0 Å². The van der Waals surface area contributed by atoms with E-state index in [4.69, 9.17) is 5.11 Å². The maximum Gasteiger partial charge on any atom is 0.158 e. The van der Waals surface area contributed by atoms with Gasteiger partial charge in [-0.15, -0.1) is 10.2 Å². The van der Waals surface area contributed by atoms with Crippen molar-refractivity contribution in [1.29, 1.82) is 0 Å². The minimum atomic E-state index is -0.00843. The van der Waals surface area contributed by atoms with Crippen LogP contribution in [0.5, 0.6) is 0 Å². The first-order valence-corrected chi connectivity index (χ1v) is 5.87. The summed E-state index contributed by atoms with van der Waals surface area (Å²) in [7, 11) is 0. The van der Waals surface area contributed by atoms with E-state index in [1.165, 1.54) is 25.7 Å². The molecule has 1 heterocycles. The molecule has 0 spiro atoms. The van der Waals surface area contributed by atoms with Gasteiger partial charge in [-0.1, -0.05) is 25.7 Å². The molecular weight excluding hydrogens is 190 g/mol. The Bertz CT molecular complexity index is 316. The van der Waals surface area contributed by atoms with Crippen LogP contribution in [0.25, 0.3) is 0 Å². The van der Waals surface area contributed by atoms with Gasteiger partial charge in [0.05, 0.1) is 0 Å². The van der Waals surface area contributed by atoms with Crippen LogP contribution in [-0.4, -0.2) is 19.9 Å². The summed E-state index contributed by atoms with van der Waals surface area (Å²) in [6, 6.07) is 0. The molecule has 1 saturated carbocycles. The molecule has 0 unspecified atom stereocenters. The molecule has 1 N–H and O–H groups in total. The molecule has 0 aromatic carbocycles.